The van der Waals surface area contributed by atoms with E-state index in [0.29, 0.717) is 11.8 Å². The van der Waals surface area contributed by atoms with Crippen molar-refractivity contribution in [2.75, 3.05) is 0 Å². The van der Waals surface area contributed by atoms with Gasteiger partial charge in [-0.05, 0) is 30.9 Å². The van der Waals surface area contributed by atoms with Gasteiger partial charge >= 0.3 is 0 Å². The number of hydrogen-bond donors (Lipinski definition) is 1. The molecule has 2 N–H and O–H groups in total. The van der Waals surface area contributed by atoms with Crippen molar-refractivity contribution < 1.29 is 9.53 Å². The molecule has 2 aliphatic rings. The van der Waals surface area contributed by atoms with Gasteiger partial charge in [0.1, 0.15) is 19.6 Å². The van der Waals surface area contributed by atoms with E-state index in [1.165, 1.54) is 5.56 Å². The molecular weight excluding hydrogens is 203 g/mol. The third kappa shape index (κ3) is 1.35. The molecule has 5 heteroatoms. The van der Waals surface area contributed by atoms with E-state index in [0.717, 1.165) is 30.4 Å². The maximum atomic E-state index is 11.2. The first-order chi connectivity index (χ1) is 7.65. The lowest BCUT2D eigenvalue weighted by molar-refractivity contribution is 0.0297. The molecule has 82 valence electrons. The number of carbonyl (C=O) groups is 1. The molecule has 1 amide bonds. The summed E-state index contributed by atoms with van der Waals surface area (Å²) >= 11 is 0. The Balaban J connectivity index is 2.15. The Morgan fingerprint density at radius 2 is 2.38 bits per heavy atom. The minimum absolute atomic E-state index is 0.0757. The van der Waals surface area contributed by atoms with Crippen LogP contribution in [0.15, 0.2) is 6.07 Å². The van der Waals surface area contributed by atoms with Gasteiger partial charge in [0.15, 0.2) is 0 Å². The fourth-order valence-electron chi connectivity index (χ4n) is 2.67. The van der Waals surface area contributed by atoms with E-state index in [1.807, 2.05) is 7.85 Å². The van der Waals surface area contributed by atoms with Gasteiger partial charge in [0.05, 0.1) is 11.8 Å². The highest BCUT2D eigenvalue weighted by Gasteiger charge is 2.35. The van der Waals surface area contributed by atoms with Crippen LogP contribution in [0.2, 0.25) is 0 Å². The molecule has 0 saturated carbocycles. The minimum atomic E-state index is -0.467. The molecule has 1 aromatic rings. The zero-order chi connectivity index (χ0) is 11.3. The number of rotatable bonds is 1. The van der Waals surface area contributed by atoms with Gasteiger partial charge < -0.3 is 10.5 Å². The van der Waals surface area contributed by atoms with E-state index in [4.69, 9.17) is 10.5 Å². The molecule has 0 radical (unpaired) electrons. The van der Waals surface area contributed by atoms with Crippen LogP contribution in [0.25, 0.3) is 0 Å². The van der Waals surface area contributed by atoms with E-state index >= 15 is 0 Å². The maximum absolute atomic E-state index is 11.2. The smallest absolute Gasteiger partial charge is 0.267 e. The highest BCUT2D eigenvalue weighted by Crippen LogP contribution is 2.39. The van der Waals surface area contributed by atoms with E-state index in [1.54, 1.807) is 6.07 Å². The first-order valence-corrected chi connectivity index (χ1v) is 5.61. The lowest BCUT2D eigenvalue weighted by atomic mass is 9.85. The van der Waals surface area contributed by atoms with Crippen molar-refractivity contribution in [2.24, 2.45) is 5.73 Å². The second kappa shape index (κ2) is 3.32. The molecule has 2 aliphatic heterocycles. The summed E-state index contributed by atoms with van der Waals surface area (Å²) in [5.74, 6) is -0.467. The fraction of sp³-hybridized carbons (Fsp3) is 0.455. The van der Waals surface area contributed by atoms with Crippen LogP contribution in [-0.4, -0.2) is 24.8 Å². The van der Waals surface area contributed by atoms with Crippen molar-refractivity contribution in [3.63, 3.8) is 0 Å². The average molecular weight is 216 g/mol. The largest absolute Gasteiger partial charge is 0.368 e. The Kier molecular flexibility index (Phi) is 2.04. The summed E-state index contributed by atoms with van der Waals surface area (Å²) < 4.78 is 5.80. The van der Waals surface area contributed by atoms with Gasteiger partial charge in [-0.3, -0.25) is 4.79 Å². The molecule has 1 aromatic heterocycles. The van der Waals surface area contributed by atoms with Crippen LogP contribution in [0.4, 0.5) is 0 Å². The second-order valence-corrected chi connectivity index (χ2v) is 4.58. The van der Waals surface area contributed by atoms with Crippen LogP contribution < -0.4 is 11.2 Å². The Morgan fingerprint density at radius 3 is 3.12 bits per heavy atom. The van der Waals surface area contributed by atoms with Crippen LogP contribution >= 0.6 is 0 Å². The third-order valence-electron chi connectivity index (χ3n) is 3.48. The number of ether oxygens (including phenoxy) is 1. The van der Waals surface area contributed by atoms with Crippen molar-refractivity contribution in [1.82, 2.24) is 4.98 Å². The molecule has 16 heavy (non-hydrogen) atoms. The van der Waals surface area contributed by atoms with E-state index in [2.05, 4.69) is 4.98 Å². The van der Waals surface area contributed by atoms with E-state index < -0.39 is 5.91 Å². The van der Waals surface area contributed by atoms with E-state index in [9.17, 15) is 4.79 Å². The molecule has 3 heterocycles. The molecule has 2 unspecified atom stereocenters. The predicted octanol–water partition coefficient (Wildman–Crippen LogP) is -0.785. The van der Waals surface area contributed by atoms with Crippen LogP contribution in [0.3, 0.4) is 0 Å². The summed E-state index contributed by atoms with van der Waals surface area (Å²) in [5, 5.41) is 0. The number of nitrogens with two attached hydrogens (primary N) is 1. The van der Waals surface area contributed by atoms with Crippen molar-refractivity contribution >= 4 is 19.2 Å². The lowest BCUT2D eigenvalue weighted by Gasteiger charge is -2.24. The average Bonchev–Trinajstić information content (AvgIpc) is 2.63. The number of pyridine rings is 1. The van der Waals surface area contributed by atoms with Gasteiger partial charge in [-0.15, -0.1) is 0 Å². The number of aromatic nitrogens is 1. The number of amides is 1. The molecule has 2 bridgehead atoms. The Labute approximate surface area is 94.6 Å². The van der Waals surface area contributed by atoms with Crippen molar-refractivity contribution in [3.05, 3.63) is 23.0 Å². The first kappa shape index (κ1) is 9.84. The molecule has 0 spiro atoms. The van der Waals surface area contributed by atoms with Gasteiger partial charge in [0.2, 0.25) is 0 Å². The number of primary amides is 1. The van der Waals surface area contributed by atoms with Gasteiger partial charge in [-0.1, -0.05) is 5.46 Å². The van der Waals surface area contributed by atoms with Crippen LogP contribution in [0.5, 0.6) is 0 Å². The van der Waals surface area contributed by atoms with Crippen LogP contribution in [-0.2, 0) is 11.2 Å². The molecule has 1 saturated heterocycles. The number of carbonyl (C=O) groups excluding carboxylic acids is 1. The first-order valence-electron chi connectivity index (χ1n) is 5.61. The van der Waals surface area contributed by atoms with Crippen LogP contribution in [0, 0.1) is 0 Å². The maximum Gasteiger partial charge on any atom is 0.267 e. The van der Waals surface area contributed by atoms with Crippen molar-refractivity contribution in [2.45, 2.75) is 31.5 Å². The second-order valence-electron chi connectivity index (χ2n) is 4.58. The minimum Gasteiger partial charge on any atom is -0.368 e. The van der Waals surface area contributed by atoms with Gasteiger partial charge in [0.25, 0.3) is 5.91 Å². The standard InChI is InChI=1S/C11H13BN2O2/c12-7-4-8(11(13)15)14-10-6(7)3-5-1-2-9(10)16-5/h4-5,9H,1-3,12H2,(H2,13,15). The van der Waals surface area contributed by atoms with Gasteiger partial charge in [0, 0.05) is 0 Å². The molecule has 4 nitrogen and oxygen atoms in total. The summed E-state index contributed by atoms with van der Waals surface area (Å²) in [6, 6.07) is 1.78. The zero-order valence-electron chi connectivity index (χ0n) is 9.19. The number of nitrogens with zero attached hydrogens (tertiary/aromatic N) is 1. The summed E-state index contributed by atoms with van der Waals surface area (Å²) in [7, 11) is 2.01. The monoisotopic (exact) mass is 216 g/mol. The summed E-state index contributed by atoms with van der Waals surface area (Å²) in [6.07, 6.45) is 3.44. The highest BCUT2D eigenvalue weighted by atomic mass is 16.5. The SMILES string of the molecule is Bc1cc(C(N)=O)nc2c1CC1CCC2O1. The number of fused-ring (bicyclic) bond motifs is 4. The van der Waals surface area contributed by atoms with Gasteiger partial charge in [-0.25, -0.2) is 4.98 Å². The third-order valence-corrected chi connectivity index (χ3v) is 3.48. The Bertz CT molecular complexity index is 475. The van der Waals surface area contributed by atoms with E-state index in [-0.39, 0.29) is 6.10 Å². The lowest BCUT2D eigenvalue weighted by Crippen LogP contribution is -2.29. The van der Waals surface area contributed by atoms with Crippen molar-refractivity contribution in [1.29, 1.82) is 0 Å². The fourth-order valence-corrected chi connectivity index (χ4v) is 2.67. The number of hydrogen-bond acceptors (Lipinski definition) is 3. The normalized spacial score (nSPS) is 26.5. The molecular formula is C11H13BN2O2. The topological polar surface area (TPSA) is 65.2 Å². The summed E-state index contributed by atoms with van der Waals surface area (Å²) in [6.45, 7) is 0. The predicted molar refractivity (Wildman–Crippen MR) is 61.5 cm³/mol. The van der Waals surface area contributed by atoms with Crippen LogP contribution in [0.1, 0.15) is 40.7 Å². The molecule has 0 aromatic carbocycles. The highest BCUT2D eigenvalue weighted by molar-refractivity contribution is 6.33. The molecule has 0 aliphatic carbocycles. The Morgan fingerprint density at radius 1 is 1.56 bits per heavy atom. The summed E-state index contributed by atoms with van der Waals surface area (Å²) in [5.41, 5.74) is 8.92. The van der Waals surface area contributed by atoms with Gasteiger partial charge in [-0.2, -0.15) is 0 Å². The molecule has 1 fully saturated rings. The quantitative estimate of drug-likeness (QED) is 0.626. The zero-order valence-corrected chi connectivity index (χ0v) is 9.19. The summed E-state index contributed by atoms with van der Waals surface area (Å²) in [4.78, 5) is 15.5. The Hall–Kier alpha value is -1.36. The molecule has 3 rings (SSSR count). The van der Waals surface area contributed by atoms with Crippen molar-refractivity contribution in [3.8, 4) is 0 Å². The molecule has 2 atom stereocenters.